The van der Waals surface area contributed by atoms with Gasteiger partial charge in [-0.05, 0) is 31.9 Å². The fourth-order valence-electron chi connectivity index (χ4n) is 2.39. The van der Waals surface area contributed by atoms with E-state index in [1.807, 2.05) is 18.2 Å². The number of hydrogen-bond donors (Lipinski definition) is 1. The average molecular weight is 277 g/mol. The highest BCUT2D eigenvalue weighted by molar-refractivity contribution is 5.82. The summed E-state index contributed by atoms with van der Waals surface area (Å²) in [4.78, 5) is 24.9. The van der Waals surface area contributed by atoms with Gasteiger partial charge < -0.3 is 14.7 Å². The number of rotatable bonds is 4. The van der Waals surface area contributed by atoms with Crippen molar-refractivity contribution < 1.29 is 19.4 Å². The number of carbonyl (C=O) groups is 2. The number of carbonyl (C=O) groups excluding carboxylic acids is 1. The Kier molecular flexibility index (Phi) is 4.61. The van der Waals surface area contributed by atoms with Gasteiger partial charge in [-0.3, -0.25) is 9.59 Å². The molecule has 0 spiro atoms. The van der Waals surface area contributed by atoms with E-state index < -0.39 is 18.0 Å². The molecule has 1 aromatic rings. The lowest BCUT2D eigenvalue weighted by Gasteiger charge is -2.32. The maximum absolute atomic E-state index is 12.3. The highest BCUT2D eigenvalue weighted by atomic mass is 16.5. The number of carboxylic acid groups (broad SMARTS) is 1. The lowest BCUT2D eigenvalue weighted by atomic mass is 9.98. The van der Waals surface area contributed by atoms with Crippen LogP contribution in [0.2, 0.25) is 0 Å². The summed E-state index contributed by atoms with van der Waals surface area (Å²) in [5, 5.41) is 9.04. The summed E-state index contributed by atoms with van der Waals surface area (Å²) < 4.78 is 5.59. The van der Waals surface area contributed by atoms with E-state index in [9.17, 15) is 9.59 Å². The second-order valence-electron chi connectivity index (χ2n) is 5.03. The van der Waals surface area contributed by atoms with Crippen LogP contribution in [0.5, 0.6) is 5.75 Å². The quantitative estimate of drug-likeness (QED) is 0.911. The monoisotopic (exact) mass is 277 g/mol. The van der Waals surface area contributed by atoms with E-state index in [-0.39, 0.29) is 12.5 Å². The van der Waals surface area contributed by atoms with Crippen LogP contribution in [0.1, 0.15) is 19.8 Å². The summed E-state index contributed by atoms with van der Waals surface area (Å²) in [7, 11) is 0. The number of ether oxygens (including phenoxy) is 1. The van der Waals surface area contributed by atoms with Crippen LogP contribution < -0.4 is 4.74 Å². The Hall–Kier alpha value is -2.04. The summed E-state index contributed by atoms with van der Waals surface area (Å²) >= 11 is 0. The molecule has 1 heterocycles. The minimum atomic E-state index is -0.834. The zero-order valence-electron chi connectivity index (χ0n) is 11.5. The summed E-state index contributed by atoms with van der Waals surface area (Å²) in [6, 6.07) is 9.14. The Labute approximate surface area is 118 Å². The second-order valence-corrected chi connectivity index (χ2v) is 5.03. The van der Waals surface area contributed by atoms with Crippen LogP contribution in [-0.4, -0.2) is 41.1 Å². The van der Waals surface area contributed by atoms with Crippen molar-refractivity contribution in [1.82, 2.24) is 4.90 Å². The number of carboxylic acids is 1. The van der Waals surface area contributed by atoms with Gasteiger partial charge in [-0.1, -0.05) is 18.2 Å². The molecule has 1 aromatic carbocycles. The molecule has 0 saturated carbocycles. The van der Waals surface area contributed by atoms with Crippen LogP contribution in [-0.2, 0) is 9.59 Å². The van der Waals surface area contributed by atoms with E-state index >= 15 is 0 Å². The molecule has 1 N–H and O–H groups in total. The average Bonchev–Trinajstić information content (AvgIpc) is 2.47. The molecular formula is C15H19NO4. The van der Waals surface area contributed by atoms with E-state index in [1.54, 1.807) is 24.0 Å². The van der Waals surface area contributed by atoms with Crippen LogP contribution in [0.25, 0.3) is 0 Å². The number of nitrogens with zero attached hydrogens (tertiary/aromatic N) is 1. The van der Waals surface area contributed by atoms with Crippen LogP contribution >= 0.6 is 0 Å². The van der Waals surface area contributed by atoms with Gasteiger partial charge in [0.05, 0.1) is 5.92 Å². The Bertz CT molecular complexity index is 474. The highest BCUT2D eigenvalue weighted by Gasteiger charge is 2.30. The molecule has 1 amide bonds. The van der Waals surface area contributed by atoms with Gasteiger partial charge in [0.1, 0.15) is 5.75 Å². The minimum Gasteiger partial charge on any atom is -0.481 e. The summed E-state index contributed by atoms with van der Waals surface area (Å²) in [5.41, 5.74) is 0. The predicted molar refractivity (Wildman–Crippen MR) is 73.5 cm³/mol. The van der Waals surface area contributed by atoms with Gasteiger partial charge in [-0.15, -0.1) is 0 Å². The first-order valence-electron chi connectivity index (χ1n) is 6.81. The number of piperidine rings is 1. The number of hydrogen-bond acceptors (Lipinski definition) is 3. The molecule has 108 valence electrons. The van der Waals surface area contributed by atoms with Crippen molar-refractivity contribution in [3.8, 4) is 5.75 Å². The lowest BCUT2D eigenvalue weighted by Crippen LogP contribution is -2.47. The molecule has 5 nitrogen and oxygen atoms in total. The van der Waals surface area contributed by atoms with Crippen molar-refractivity contribution in [2.24, 2.45) is 5.92 Å². The van der Waals surface area contributed by atoms with E-state index in [4.69, 9.17) is 9.84 Å². The number of amides is 1. The molecule has 1 aliphatic rings. The van der Waals surface area contributed by atoms with Gasteiger partial charge in [0, 0.05) is 13.1 Å². The van der Waals surface area contributed by atoms with Gasteiger partial charge in [0.15, 0.2) is 6.10 Å². The first-order valence-corrected chi connectivity index (χ1v) is 6.81. The molecule has 0 unspecified atom stereocenters. The standard InChI is InChI=1S/C15H19NO4/c1-11(20-13-7-3-2-4-8-13)14(17)16-9-5-6-12(10-16)15(18)19/h2-4,7-8,11-12H,5-6,9-10H2,1H3,(H,18,19)/t11-,12-/m1/s1. The Morgan fingerprint density at radius 3 is 2.70 bits per heavy atom. The highest BCUT2D eigenvalue weighted by Crippen LogP contribution is 2.19. The summed E-state index contributed by atoms with van der Waals surface area (Å²) in [5.74, 6) is -0.810. The minimum absolute atomic E-state index is 0.153. The number of aliphatic carboxylic acids is 1. The zero-order chi connectivity index (χ0) is 14.5. The smallest absolute Gasteiger partial charge is 0.308 e. The van der Waals surface area contributed by atoms with Gasteiger partial charge in [-0.2, -0.15) is 0 Å². The predicted octanol–water partition coefficient (Wildman–Crippen LogP) is 1.78. The van der Waals surface area contributed by atoms with Crippen molar-refractivity contribution in [1.29, 1.82) is 0 Å². The van der Waals surface area contributed by atoms with Crippen LogP contribution in [0.15, 0.2) is 30.3 Å². The molecule has 20 heavy (non-hydrogen) atoms. The molecule has 0 radical (unpaired) electrons. The molecule has 0 bridgehead atoms. The van der Waals surface area contributed by atoms with Gasteiger partial charge in [-0.25, -0.2) is 0 Å². The van der Waals surface area contributed by atoms with Crippen molar-refractivity contribution in [3.05, 3.63) is 30.3 Å². The molecule has 0 aromatic heterocycles. The molecule has 1 fully saturated rings. The third-order valence-electron chi connectivity index (χ3n) is 3.49. The van der Waals surface area contributed by atoms with Crippen molar-refractivity contribution in [3.63, 3.8) is 0 Å². The van der Waals surface area contributed by atoms with Gasteiger partial charge in [0.2, 0.25) is 0 Å². The molecule has 2 atom stereocenters. The summed E-state index contributed by atoms with van der Waals surface area (Å²) in [6.07, 6.45) is 0.748. The second kappa shape index (κ2) is 6.41. The first kappa shape index (κ1) is 14.4. The van der Waals surface area contributed by atoms with Gasteiger partial charge in [0.25, 0.3) is 5.91 Å². The maximum Gasteiger partial charge on any atom is 0.308 e. The first-order chi connectivity index (χ1) is 9.58. The van der Waals surface area contributed by atoms with Crippen molar-refractivity contribution >= 4 is 11.9 Å². The third-order valence-corrected chi connectivity index (χ3v) is 3.49. The van der Waals surface area contributed by atoms with Crippen molar-refractivity contribution in [2.75, 3.05) is 13.1 Å². The van der Waals surface area contributed by atoms with E-state index in [2.05, 4.69) is 0 Å². The molecule has 0 aliphatic carbocycles. The Morgan fingerprint density at radius 1 is 1.35 bits per heavy atom. The van der Waals surface area contributed by atoms with Crippen molar-refractivity contribution in [2.45, 2.75) is 25.9 Å². The van der Waals surface area contributed by atoms with Crippen LogP contribution in [0.4, 0.5) is 0 Å². The fourth-order valence-corrected chi connectivity index (χ4v) is 2.39. The number of benzene rings is 1. The largest absolute Gasteiger partial charge is 0.481 e. The normalized spacial score (nSPS) is 20.2. The van der Waals surface area contributed by atoms with Gasteiger partial charge >= 0.3 is 5.97 Å². The summed E-state index contributed by atoms with van der Waals surface area (Å²) in [6.45, 7) is 2.57. The van der Waals surface area contributed by atoms with Crippen LogP contribution in [0, 0.1) is 5.92 Å². The Balaban J connectivity index is 1.94. The molecular weight excluding hydrogens is 258 g/mol. The lowest BCUT2D eigenvalue weighted by molar-refractivity contribution is -0.147. The third kappa shape index (κ3) is 3.50. The zero-order valence-corrected chi connectivity index (χ0v) is 11.5. The van der Waals surface area contributed by atoms with E-state index in [1.165, 1.54) is 0 Å². The molecule has 1 saturated heterocycles. The molecule has 5 heteroatoms. The molecule has 2 rings (SSSR count). The van der Waals surface area contributed by atoms with E-state index in [0.29, 0.717) is 18.7 Å². The number of likely N-dealkylation sites (tertiary alicyclic amines) is 1. The maximum atomic E-state index is 12.3. The van der Waals surface area contributed by atoms with E-state index in [0.717, 1.165) is 6.42 Å². The fraction of sp³-hybridized carbons (Fsp3) is 0.467. The SMILES string of the molecule is C[C@@H](Oc1ccccc1)C(=O)N1CCC[C@@H](C(=O)O)C1. The van der Waals surface area contributed by atoms with Crippen LogP contribution in [0.3, 0.4) is 0 Å². The topological polar surface area (TPSA) is 66.8 Å². The Morgan fingerprint density at radius 2 is 2.05 bits per heavy atom. The molecule has 1 aliphatic heterocycles. The number of para-hydroxylation sites is 1.